The first kappa shape index (κ1) is 16.2. The fourth-order valence-corrected chi connectivity index (χ4v) is 2.14. The molecule has 0 aliphatic heterocycles. The van der Waals surface area contributed by atoms with Crippen molar-refractivity contribution in [3.63, 3.8) is 0 Å². The van der Waals surface area contributed by atoms with Crippen molar-refractivity contribution < 1.29 is 9.53 Å². The molecule has 0 radical (unpaired) electrons. The van der Waals surface area contributed by atoms with Gasteiger partial charge in [0.1, 0.15) is 0 Å². The van der Waals surface area contributed by atoms with E-state index in [1.54, 1.807) is 0 Å². The number of nitrogens with zero attached hydrogens (tertiary/aromatic N) is 1. The number of carbonyl (C=O) groups excluding carboxylic acids is 1. The summed E-state index contributed by atoms with van der Waals surface area (Å²) in [6.45, 7) is 16.1. The van der Waals surface area contributed by atoms with Crippen LogP contribution in [0.15, 0.2) is 12.2 Å². The average Bonchev–Trinajstić information content (AvgIpc) is 2.16. The van der Waals surface area contributed by atoms with Crippen molar-refractivity contribution in [3.8, 4) is 0 Å². The second-order valence-corrected chi connectivity index (χ2v) is 4.99. The topological polar surface area (TPSA) is 29.5 Å². The Morgan fingerprint density at radius 2 is 1.65 bits per heavy atom. The minimum atomic E-state index is -0.273. The zero-order chi connectivity index (χ0) is 13.6. The average molecular weight is 241 g/mol. The summed E-state index contributed by atoms with van der Waals surface area (Å²) in [6, 6.07) is 0.689. The Morgan fingerprint density at radius 1 is 1.18 bits per heavy atom. The van der Waals surface area contributed by atoms with Crippen LogP contribution in [0.2, 0.25) is 0 Å². The number of esters is 1. The van der Waals surface area contributed by atoms with Gasteiger partial charge in [0.2, 0.25) is 0 Å². The highest BCUT2D eigenvalue weighted by Gasteiger charge is 2.23. The molecule has 0 aromatic carbocycles. The van der Waals surface area contributed by atoms with Crippen LogP contribution < -0.4 is 0 Å². The fraction of sp³-hybridized carbons (Fsp3) is 0.786. The molecule has 0 aliphatic carbocycles. The summed E-state index contributed by atoms with van der Waals surface area (Å²) in [5.41, 5.74) is 0.562. The van der Waals surface area contributed by atoms with E-state index < -0.39 is 0 Å². The van der Waals surface area contributed by atoms with Crippen LogP contribution >= 0.6 is 0 Å². The maximum atomic E-state index is 11.7. The molecule has 0 fully saturated rings. The predicted octanol–water partition coefficient (Wildman–Crippen LogP) is 3.35. The summed E-state index contributed by atoms with van der Waals surface area (Å²) in [7, 11) is 0. The van der Waals surface area contributed by atoms with Crippen LogP contribution in [0.25, 0.3) is 0 Å². The molecular weight excluding hydrogens is 214 g/mol. The lowest BCUT2D eigenvalue weighted by atomic mass is 10.2. The molecule has 0 amide bonds. The van der Waals surface area contributed by atoms with E-state index in [9.17, 15) is 4.79 Å². The third-order valence-corrected chi connectivity index (χ3v) is 2.73. The molecule has 0 rings (SSSR count). The second kappa shape index (κ2) is 7.49. The molecular formula is C14H27NO2. The zero-order valence-electron chi connectivity index (χ0n) is 12.1. The highest BCUT2D eigenvalue weighted by molar-refractivity contribution is 5.87. The van der Waals surface area contributed by atoms with Crippen LogP contribution in [0.1, 0.15) is 54.4 Å². The number of rotatable bonds is 7. The molecule has 0 heterocycles. The molecule has 0 N–H and O–H groups in total. The number of hydrogen-bond donors (Lipinski definition) is 0. The van der Waals surface area contributed by atoms with E-state index in [1.807, 2.05) is 13.8 Å². The molecule has 3 nitrogen and oxygen atoms in total. The Hall–Kier alpha value is -0.830. The van der Waals surface area contributed by atoms with E-state index in [2.05, 4.69) is 39.2 Å². The smallest absolute Gasteiger partial charge is 0.334 e. The number of carbonyl (C=O) groups is 1. The Morgan fingerprint density at radius 3 is 2.00 bits per heavy atom. The van der Waals surface area contributed by atoms with Gasteiger partial charge in [-0.2, -0.15) is 0 Å². The summed E-state index contributed by atoms with van der Waals surface area (Å²) in [5, 5.41) is 0. The summed E-state index contributed by atoms with van der Waals surface area (Å²) >= 11 is 0. The highest BCUT2D eigenvalue weighted by atomic mass is 16.6. The van der Waals surface area contributed by atoms with Crippen LogP contribution in [-0.4, -0.2) is 29.2 Å². The monoisotopic (exact) mass is 241 g/mol. The Kier molecular flexibility index (Phi) is 7.12. The Labute approximate surface area is 106 Å². The third-order valence-electron chi connectivity index (χ3n) is 2.73. The quantitative estimate of drug-likeness (QED) is 0.389. The molecule has 0 bridgehead atoms. The van der Waals surface area contributed by atoms with Gasteiger partial charge in [0.15, 0.2) is 6.23 Å². The van der Waals surface area contributed by atoms with E-state index in [0.717, 1.165) is 6.42 Å². The van der Waals surface area contributed by atoms with E-state index in [4.69, 9.17) is 4.74 Å². The largest absolute Gasteiger partial charge is 0.443 e. The summed E-state index contributed by atoms with van der Waals surface area (Å²) in [5.74, 6) is -0.273. The van der Waals surface area contributed by atoms with Gasteiger partial charge in [-0.3, -0.25) is 4.90 Å². The van der Waals surface area contributed by atoms with Crippen molar-refractivity contribution in [1.82, 2.24) is 4.90 Å². The van der Waals surface area contributed by atoms with Crippen molar-refractivity contribution in [3.05, 3.63) is 12.2 Å². The lowest BCUT2D eigenvalue weighted by Crippen LogP contribution is -2.45. The minimum absolute atomic E-state index is 0.212. The first-order valence-electron chi connectivity index (χ1n) is 6.47. The number of hydrogen-bond acceptors (Lipinski definition) is 3. The molecule has 0 spiro atoms. The van der Waals surface area contributed by atoms with Crippen molar-refractivity contribution >= 4 is 5.97 Å². The Balaban J connectivity index is 4.45. The van der Waals surface area contributed by atoms with Gasteiger partial charge in [0.05, 0.1) is 0 Å². The predicted molar refractivity (Wildman–Crippen MR) is 71.7 cm³/mol. The molecule has 0 aromatic heterocycles. The van der Waals surface area contributed by atoms with Crippen LogP contribution in [0, 0.1) is 0 Å². The molecule has 3 heteroatoms. The lowest BCUT2D eigenvalue weighted by Gasteiger charge is -2.35. The number of ether oxygens (including phenoxy) is 1. The first-order valence-corrected chi connectivity index (χ1v) is 6.47. The van der Waals surface area contributed by atoms with Crippen molar-refractivity contribution in [1.29, 1.82) is 0 Å². The third kappa shape index (κ3) is 5.35. The molecule has 0 aliphatic rings. The lowest BCUT2D eigenvalue weighted by molar-refractivity contribution is -0.156. The van der Waals surface area contributed by atoms with Crippen LogP contribution in [0.3, 0.4) is 0 Å². The fourth-order valence-electron chi connectivity index (χ4n) is 2.14. The van der Waals surface area contributed by atoms with Gasteiger partial charge in [0.25, 0.3) is 0 Å². The summed E-state index contributed by atoms with van der Waals surface area (Å²) < 4.78 is 5.44. The van der Waals surface area contributed by atoms with Gasteiger partial charge in [-0.1, -0.05) is 19.9 Å². The molecule has 1 atom stereocenters. The Bertz CT molecular complexity index is 251. The van der Waals surface area contributed by atoms with Crippen LogP contribution in [-0.2, 0) is 9.53 Å². The van der Waals surface area contributed by atoms with E-state index in [1.165, 1.54) is 0 Å². The molecule has 0 aromatic rings. The summed E-state index contributed by atoms with van der Waals surface area (Å²) in [4.78, 5) is 13.9. The SMILES string of the molecule is C=C(CCC)C(=O)OC(C)N(C(C)C)C(C)C. The van der Waals surface area contributed by atoms with Crippen LogP contribution in [0.4, 0.5) is 0 Å². The van der Waals surface area contributed by atoms with E-state index in [0.29, 0.717) is 24.1 Å². The minimum Gasteiger partial charge on any atom is -0.443 e. The molecule has 0 saturated heterocycles. The standard InChI is InChI=1S/C14H27NO2/c1-8-9-12(6)14(16)17-13(7)15(10(2)3)11(4)5/h10-11,13H,6,8-9H2,1-5,7H3. The zero-order valence-corrected chi connectivity index (χ0v) is 12.1. The van der Waals surface area contributed by atoms with Gasteiger partial charge in [-0.15, -0.1) is 0 Å². The normalized spacial score (nSPS) is 13.2. The van der Waals surface area contributed by atoms with E-state index in [-0.39, 0.29) is 12.2 Å². The van der Waals surface area contributed by atoms with Gasteiger partial charge in [-0.25, -0.2) is 4.79 Å². The van der Waals surface area contributed by atoms with Crippen molar-refractivity contribution in [2.24, 2.45) is 0 Å². The first-order chi connectivity index (χ1) is 7.81. The molecule has 17 heavy (non-hydrogen) atoms. The molecule has 1 unspecified atom stereocenters. The summed E-state index contributed by atoms with van der Waals surface area (Å²) in [6.07, 6.45) is 1.41. The van der Waals surface area contributed by atoms with Crippen molar-refractivity contribution in [2.45, 2.75) is 72.7 Å². The van der Waals surface area contributed by atoms with Gasteiger partial charge < -0.3 is 4.74 Å². The van der Waals surface area contributed by atoms with Gasteiger partial charge >= 0.3 is 5.97 Å². The van der Waals surface area contributed by atoms with Crippen LogP contribution in [0.5, 0.6) is 0 Å². The molecule has 100 valence electrons. The molecule has 0 saturated carbocycles. The van der Waals surface area contributed by atoms with Gasteiger partial charge in [0, 0.05) is 17.7 Å². The van der Waals surface area contributed by atoms with E-state index >= 15 is 0 Å². The highest BCUT2D eigenvalue weighted by Crippen LogP contribution is 2.14. The maximum Gasteiger partial charge on any atom is 0.334 e. The second-order valence-electron chi connectivity index (χ2n) is 4.99. The van der Waals surface area contributed by atoms with Crippen molar-refractivity contribution in [2.75, 3.05) is 0 Å². The van der Waals surface area contributed by atoms with Gasteiger partial charge in [-0.05, 0) is 41.0 Å². The maximum absolute atomic E-state index is 11.7.